The number of hydrogen-bond donors (Lipinski definition) is 1. The Hall–Kier alpha value is -2.75. The molecule has 176 valence electrons. The van der Waals surface area contributed by atoms with E-state index in [0.29, 0.717) is 49.5 Å². The van der Waals surface area contributed by atoms with Crippen LogP contribution in [0.4, 0.5) is 0 Å². The largest absolute Gasteiger partial charge is 0.379 e. The van der Waals surface area contributed by atoms with Gasteiger partial charge in [-0.3, -0.25) is 19.1 Å². The smallest absolute Gasteiger partial charge is 0.329 e. The Balaban J connectivity index is 1.44. The van der Waals surface area contributed by atoms with Crippen LogP contribution < -0.4 is 11.2 Å². The third kappa shape index (κ3) is 5.43. The molecule has 1 N–H and O–H groups in total. The van der Waals surface area contributed by atoms with Gasteiger partial charge in [0.05, 0.1) is 31.7 Å². The molecule has 0 saturated carbocycles. The summed E-state index contributed by atoms with van der Waals surface area (Å²) in [5.41, 5.74) is 1.13. The summed E-state index contributed by atoms with van der Waals surface area (Å²) in [4.78, 5) is 44.5. The monoisotopic (exact) mass is 471 g/mol. The molecule has 3 heterocycles. The van der Waals surface area contributed by atoms with E-state index in [1.807, 2.05) is 30.3 Å². The molecule has 1 aliphatic heterocycles. The van der Waals surface area contributed by atoms with Crippen molar-refractivity contribution in [2.24, 2.45) is 0 Å². The molecule has 8 nitrogen and oxygen atoms in total. The number of thiophene rings is 1. The zero-order valence-electron chi connectivity index (χ0n) is 18.8. The van der Waals surface area contributed by atoms with Crippen LogP contribution >= 0.6 is 11.3 Å². The van der Waals surface area contributed by atoms with Gasteiger partial charge in [-0.2, -0.15) is 0 Å². The van der Waals surface area contributed by atoms with E-state index >= 15 is 0 Å². The summed E-state index contributed by atoms with van der Waals surface area (Å²) >= 11 is 1.38. The van der Waals surface area contributed by atoms with Gasteiger partial charge in [0.1, 0.15) is 11.4 Å². The van der Waals surface area contributed by atoms with Gasteiger partial charge in [-0.05, 0) is 24.0 Å². The maximum absolute atomic E-state index is 13.2. The highest BCUT2D eigenvalue weighted by molar-refractivity contribution is 7.18. The fourth-order valence-electron chi connectivity index (χ4n) is 3.95. The highest BCUT2D eigenvalue weighted by Gasteiger charge is 2.26. The summed E-state index contributed by atoms with van der Waals surface area (Å²) in [6, 6.07) is 9.45. The van der Waals surface area contributed by atoms with E-state index in [9.17, 15) is 14.4 Å². The molecule has 0 aliphatic carbocycles. The molecule has 3 aromatic rings. The Morgan fingerprint density at radius 3 is 2.70 bits per heavy atom. The normalized spacial score (nSPS) is 13.4. The molecule has 4 rings (SSSR count). The molecule has 2 aromatic heterocycles. The van der Waals surface area contributed by atoms with E-state index in [0.717, 1.165) is 28.8 Å². The van der Waals surface area contributed by atoms with Crippen LogP contribution in [-0.2, 0) is 33.8 Å². The third-order valence-corrected chi connectivity index (χ3v) is 6.89. The van der Waals surface area contributed by atoms with Gasteiger partial charge in [0.15, 0.2) is 0 Å². The van der Waals surface area contributed by atoms with E-state index in [2.05, 4.69) is 11.9 Å². The number of carbonyl (C=O) groups excluding carboxylic acids is 1. The highest BCUT2D eigenvalue weighted by Crippen LogP contribution is 2.32. The minimum absolute atomic E-state index is 0.0120. The lowest BCUT2D eigenvalue weighted by Crippen LogP contribution is -2.38. The number of amides is 1. The molecule has 0 saturated heterocycles. The summed E-state index contributed by atoms with van der Waals surface area (Å²) in [6.07, 6.45) is 2.68. The first kappa shape index (κ1) is 23.4. The molecular formula is C24H29N3O5S. The first-order valence-electron chi connectivity index (χ1n) is 11.3. The van der Waals surface area contributed by atoms with Crippen molar-refractivity contribution in [3.05, 3.63) is 67.2 Å². The molecule has 33 heavy (non-hydrogen) atoms. The van der Waals surface area contributed by atoms with Gasteiger partial charge < -0.3 is 14.4 Å². The average Bonchev–Trinajstić information content (AvgIpc) is 3.19. The van der Waals surface area contributed by atoms with Crippen LogP contribution in [0.2, 0.25) is 0 Å². The van der Waals surface area contributed by atoms with Crippen LogP contribution in [0.1, 0.15) is 35.8 Å². The molecule has 9 heteroatoms. The standard InChI is InChI=1S/C24H29N3O5S/c1-2-3-11-31-12-13-32-16-20(28)26-10-9-18-19(15-26)33-22-21(18)23(29)27(24(30)25-22)14-17-7-5-4-6-8-17/h4-8H,2-3,9-16H2,1H3,(H,25,30). The molecule has 1 amide bonds. The van der Waals surface area contributed by atoms with Crippen LogP contribution in [0.15, 0.2) is 39.9 Å². The second-order valence-corrected chi connectivity index (χ2v) is 9.20. The summed E-state index contributed by atoms with van der Waals surface area (Å²) in [5.74, 6) is -0.0818. The topological polar surface area (TPSA) is 93.6 Å². The van der Waals surface area contributed by atoms with Crippen LogP contribution in [0.3, 0.4) is 0 Å². The number of rotatable bonds is 10. The predicted molar refractivity (Wildman–Crippen MR) is 128 cm³/mol. The average molecular weight is 472 g/mol. The number of hydrogen-bond acceptors (Lipinski definition) is 6. The Bertz CT molecular complexity index is 1210. The predicted octanol–water partition coefficient (Wildman–Crippen LogP) is 2.52. The summed E-state index contributed by atoms with van der Waals surface area (Å²) < 4.78 is 12.2. The zero-order valence-corrected chi connectivity index (χ0v) is 19.6. The number of nitrogens with zero attached hydrogens (tertiary/aromatic N) is 2. The van der Waals surface area contributed by atoms with Gasteiger partial charge in [0, 0.05) is 18.0 Å². The number of ether oxygens (including phenoxy) is 2. The summed E-state index contributed by atoms with van der Waals surface area (Å²) in [6.45, 7) is 4.87. The van der Waals surface area contributed by atoms with E-state index in [1.165, 1.54) is 15.9 Å². The minimum Gasteiger partial charge on any atom is -0.379 e. The van der Waals surface area contributed by atoms with Crippen molar-refractivity contribution in [3.63, 3.8) is 0 Å². The number of nitrogens with one attached hydrogen (secondary N) is 1. The van der Waals surface area contributed by atoms with E-state index < -0.39 is 5.69 Å². The molecule has 0 fully saturated rings. The number of benzene rings is 1. The van der Waals surface area contributed by atoms with Crippen molar-refractivity contribution >= 4 is 27.5 Å². The van der Waals surface area contributed by atoms with Crippen LogP contribution in [0, 0.1) is 0 Å². The molecule has 0 unspecified atom stereocenters. The number of aromatic nitrogens is 2. The van der Waals surface area contributed by atoms with Gasteiger partial charge in [-0.15, -0.1) is 11.3 Å². The van der Waals surface area contributed by atoms with Crippen molar-refractivity contribution in [1.82, 2.24) is 14.5 Å². The molecule has 1 aromatic carbocycles. The van der Waals surface area contributed by atoms with E-state index in [-0.39, 0.29) is 24.6 Å². The quantitative estimate of drug-likeness (QED) is 0.459. The van der Waals surface area contributed by atoms with Crippen molar-refractivity contribution in [3.8, 4) is 0 Å². The SMILES string of the molecule is CCCCOCCOCC(=O)N1CCc2c(sc3[nH]c(=O)n(Cc4ccccc4)c(=O)c23)C1. The van der Waals surface area contributed by atoms with Gasteiger partial charge in [0.2, 0.25) is 5.91 Å². The maximum atomic E-state index is 13.2. The Kier molecular flexibility index (Phi) is 7.74. The van der Waals surface area contributed by atoms with Gasteiger partial charge in [-0.25, -0.2) is 4.79 Å². The number of unbranched alkanes of at least 4 members (excludes halogenated alkanes) is 1. The number of fused-ring (bicyclic) bond motifs is 3. The number of aromatic amines is 1. The summed E-state index contributed by atoms with van der Waals surface area (Å²) in [7, 11) is 0. The lowest BCUT2D eigenvalue weighted by atomic mass is 10.1. The molecule has 0 atom stereocenters. The van der Waals surface area contributed by atoms with E-state index in [1.54, 1.807) is 4.90 Å². The van der Waals surface area contributed by atoms with Crippen molar-refractivity contribution in [1.29, 1.82) is 0 Å². The first-order valence-corrected chi connectivity index (χ1v) is 12.1. The molecule has 0 spiro atoms. The molecule has 0 bridgehead atoms. The second-order valence-electron chi connectivity index (χ2n) is 8.10. The fourth-order valence-corrected chi connectivity index (χ4v) is 5.19. The molecule has 1 aliphatic rings. The minimum atomic E-state index is -0.419. The van der Waals surface area contributed by atoms with Crippen LogP contribution in [-0.4, -0.2) is 53.3 Å². The van der Waals surface area contributed by atoms with Crippen LogP contribution in [0.25, 0.3) is 10.2 Å². The second kappa shape index (κ2) is 10.9. The summed E-state index contributed by atoms with van der Waals surface area (Å²) in [5, 5.41) is 0.568. The molecular weight excluding hydrogens is 442 g/mol. The van der Waals surface area contributed by atoms with Gasteiger partial charge in [0.25, 0.3) is 5.56 Å². The maximum Gasteiger partial charge on any atom is 0.329 e. The Morgan fingerprint density at radius 1 is 1.12 bits per heavy atom. The van der Waals surface area contributed by atoms with Crippen molar-refractivity contribution < 1.29 is 14.3 Å². The van der Waals surface area contributed by atoms with Crippen molar-refractivity contribution in [2.45, 2.75) is 39.3 Å². The number of H-pyrrole nitrogens is 1. The lowest BCUT2D eigenvalue weighted by molar-refractivity contribution is -0.137. The first-order chi connectivity index (χ1) is 16.1. The Labute approximate surface area is 195 Å². The van der Waals surface area contributed by atoms with Crippen molar-refractivity contribution in [2.75, 3.05) is 33.0 Å². The van der Waals surface area contributed by atoms with E-state index in [4.69, 9.17) is 9.47 Å². The molecule has 0 radical (unpaired) electrons. The third-order valence-electron chi connectivity index (χ3n) is 5.76. The Morgan fingerprint density at radius 2 is 1.91 bits per heavy atom. The van der Waals surface area contributed by atoms with Gasteiger partial charge in [-0.1, -0.05) is 43.7 Å². The van der Waals surface area contributed by atoms with Crippen LogP contribution in [0.5, 0.6) is 0 Å². The highest BCUT2D eigenvalue weighted by atomic mass is 32.1. The number of carbonyl (C=O) groups is 1. The van der Waals surface area contributed by atoms with Gasteiger partial charge >= 0.3 is 5.69 Å². The zero-order chi connectivity index (χ0) is 23.2. The fraction of sp³-hybridized carbons (Fsp3) is 0.458. The lowest BCUT2D eigenvalue weighted by Gasteiger charge is -2.26.